The fourth-order valence-corrected chi connectivity index (χ4v) is 3.44. The van der Waals surface area contributed by atoms with Gasteiger partial charge in [0.1, 0.15) is 5.75 Å². The molecule has 1 heterocycles. The van der Waals surface area contributed by atoms with Crippen molar-refractivity contribution in [3.8, 4) is 5.75 Å². The molecule has 0 saturated heterocycles. The van der Waals surface area contributed by atoms with Gasteiger partial charge in [0.2, 0.25) is 5.89 Å². The molecule has 1 amide bonds. The first-order valence-corrected chi connectivity index (χ1v) is 9.12. The second kappa shape index (κ2) is 7.07. The lowest BCUT2D eigenvalue weighted by atomic mass is 10.0. The van der Waals surface area contributed by atoms with E-state index in [1.54, 1.807) is 13.0 Å². The first-order chi connectivity index (χ1) is 12.6. The summed E-state index contributed by atoms with van der Waals surface area (Å²) in [5, 5.41) is 17.1. The minimum atomic E-state index is -0.495. The first kappa shape index (κ1) is 17.0. The molecule has 7 nitrogen and oxygen atoms in total. The summed E-state index contributed by atoms with van der Waals surface area (Å²) in [6.07, 6.45) is 3.11. The molecule has 2 aliphatic rings. The van der Waals surface area contributed by atoms with Crippen LogP contribution in [-0.4, -0.2) is 39.9 Å². The average Bonchev–Trinajstić information content (AvgIpc) is 3.21. The number of benzene rings is 1. The Morgan fingerprint density at radius 2 is 2.15 bits per heavy atom. The zero-order valence-electron chi connectivity index (χ0n) is 14.7. The Morgan fingerprint density at radius 3 is 2.88 bits per heavy atom. The van der Waals surface area contributed by atoms with Crippen molar-refractivity contribution in [1.29, 1.82) is 0 Å². The maximum absolute atomic E-state index is 12.6. The third-order valence-electron chi connectivity index (χ3n) is 5.02. The van der Waals surface area contributed by atoms with E-state index in [4.69, 9.17) is 9.26 Å². The number of nitrogens with one attached hydrogen (secondary N) is 1. The van der Waals surface area contributed by atoms with Crippen LogP contribution in [0, 0.1) is 12.8 Å². The van der Waals surface area contributed by atoms with Crippen LogP contribution >= 0.6 is 0 Å². The molecule has 0 bridgehead atoms. The highest BCUT2D eigenvalue weighted by atomic mass is 16.5. The van der Waals surface area contributed by atoms with Crippen LogP contribution in [0.15, 0.2) is 28.8 Å². The number of aromatic nitrogens is 2. The van der Waals surface area contributed by atoms with E-state index >= 15 is 0 Å². The second-order valence-electron chi connectivity index (χ2n) is 7.20. The van der Waals surface area contributed by atoms with Gasteiger partial charge in [0.25, 0.3) is 5.91 Å². The van der Waals surface area contributed by atoms with Gasteiger partial charge >= 0.3 is 0 Å². The molecule has 0 unspecified atom stereocenters. The Balaban J connectivity index is 1.36. The quantitative estimate of drug-likeness (QED) is 0.823. The van der Waals surface area contributed by atoms with Crippen molar-refractivity contribution in [1.82, 2.24) is 15.5 Å². The molecule has 2 aliphatic carbocycles. The predicted octanol–water partition coefficient (Wildman–Crippen LogP) is 2.20. The summed E-state index contributed by atoms with van der Waals surface area (Å²) in [6.45, 7) is 2.18. The summed E-state index contributed by atoms with van der Waals surface area (Å²) in [5.41, 5.74) is 0.538. The lowest BCUT2D eigenvalue weighted by Crippen LogP contribution is -2.32. The van der Waals surface area contributed by atoms with E-state index in [1.807, 2.05) is 18.2 Å². The van der Waals surface area contributed by atoms with E-state index in [2.05, 4.69) is 15.5 Å². The monoisotopic (exact) mass is 357 g/mol. The highest BCUT2D eigenvalue weighted by Crippen LogP contribution is 2.37. The molecule has 1 aromatic heterocycles. The van der Waals surface area contributed by atoms with E-state index in [1.165, 1.54) is 0 Å². The number of para-hydroxylation sites is 1. The Morgan fingerprint density at radius 1 is 1.35 bits per heavy atom. The maximum atomic E-state index is 12.6. The molecule has 0 radical (unpaired) electrons. The number of hydrogen-bond acceptors (Lipinski definition) is 6. The minimum absolute atomic E-state index is 0.0346. The molecule has 0 spiro atoms. The lowest BCUT2D eigenvalue weighted by Gasteiger charge is -2.16. The van der Waals surface area contributed by atoms with Crippen LogP contribution in [-0.2, 0) is 0 Å². The van der Waals surface area contributed by atoms with Gasteiger partial charge in [0.15, 0.2) is 5.82 Å². The summed E-state index contributed by atoms with van der Waals surface area (Å²) in [6, 6.07) is 7.28. The number of carbonyl (C=O) groups is 1. The molecule has 26 heavy (non-hydrogen) atoms. The molecule has 4 rings (SSSR count). The Bertz CT molecular complexity index is 787. The fourth-order valence-electron chi connectivity index (χ4n) is 3.44. The largest absolute Gasteiger partial charge is 0.490 e. The Labute approximate surface area is 151 Å². The number of nitrogens with zero attached hydrogens (tertiary/aromatic N) is 2. The van der Waals surface area contributed by atoms with E-state index in [-0.39, 0.29) is 23.8 Å². The minimum Gasteiger partial charge on any atom is -0.490 e. The summed E-state index contributed by atoms with van der Waals surface area (Å²) in [7, 11) is 0. The van der Waals surface area contributed by atoms with Gasteiger partial charge in [-0.05, 0) is 44.7 Å². The zero-order valence-corrected chi connectivity index (χ0v) is 14.7. The first-order valence-electron chi connectivity index (χ1n) is 9.12. The summed E-state index contributed by atoms with van der Waals surface area (Å²) in [5.74, 6) is 1.62. The lowest BCUT2D eigenvalue weighted by molar-refractivity contribution is 0.0912. The molecule has 2 saturated carbocycles. The van der Waals surface area contributed by atoms with Crippen LogP contribution in [0.4, 0.5) is 0 Å². The van der Waals surface area contributed by atoms with Crippen molar-refractivity contribution < 1.29 is 19.2 Å². The van der Waals surface area contributed by atoms with Crippen molar-refractivity contribution in [3.05, 3.63) is 41.5 Å². The van der Waals surface area contributed by atoms with Crippen LogP contribution in [0.25, 0.3) is 0 Å². The molecule has 2 fully saturated rings. The maximum Gasteiger partial charge on any atom is 0.255 e. The number of aliphatic hydroxyl groups is 1. The second-order valence-corrected chi connectivity index (χ2v) is 7.20. The standard InChI is InChI=1S/C19H23N3O4/c1-11-21-19(26-22-11)12-8-13(16(23)9-12)10-20-18(24)15-4-2-3-5-17(15)25-14-6-7-14/h2-5,12-14,16,23H,6-10H2,1H3,(H,20,24)/t12-,13+,16+/m0/s1. The van der Waals surface area contributed by atoms with Gasteiger partial charge in [-0.25, -0.2) is 0 Å². The van der Waals surface area contributed by atoms with Crippen molar-refractivity contribution >= 4 is 5.91 Å². The van der Waals surface area contributed by atoms with Gasteiger partial charge in [0, 0.05) is 18.4 Å². The van der Waals surface area contributed by atoms with Crippen molar-refractivity contribution in [2.75, 3.05) is 6.54 Å². The topological polar surface area (TPSA) is 97.5 Å². The number of aliphatic hydroxyl groups excluding tert-OH is 1. The van der Waals surface area contributed by atoms with Gasteiger partial charge < -0.3 is 19.7 Å². The SMILES string of the molecule is Cc1noc([C@H]2C[C@H](CNC(=O)c3ccccc3OC3CC3)[C@H](O)C2)n1. The van der Waals surface area contributed by atoms with Gasteiger partial charge in [-0.2, -0.15) is 4.98 Å². The summed E-state index contributed by atoms with van der Waals surface area (Å²) < 4.78 is 11.0. The number of hydrogen-bond donors (Lipinski definition) is 2. The van der Waals surface area contributed by atoms with Gasteiger partial charge in [0.05, 0.1) is 17.8 Å². The normalized spacial score (nSPS) is 25.2. The van der Waals surface area contributed by atoms with Crippen LogP contribution in [0.3, 0.4) is 0 Å². The van der Waals surface area contributed by atoms with Crippen molar-refractivity contribution in [2.24, 2.45) is 5.92 Å². The molecule has 138 valence electrons. The van der Waals surface area contributed by atoms with E-state index in [0.717, 1.165) is 12.8 Å². The summed E-state index contributed by atoms with van der Waals surface area (Å²) >= 11 is 0. The van der Waals surface area contributed by atoms with Crippen LogP contribution < -0.4 is 10.1 Å². The van der Waals surface area contributed by atoms with Gasteiger partial charge in [-0.3, -0.25) is 4.79 Å². The molecular formula is C19H23N3O4. The van der Waals surface area contributed by atoms with Crippen molar-refractivity contribution in [2.45, 2.75) is 50.7 Å². The molecule has 7 heteroatoms. The Hall–Kier alpha value is -2.41. The van der Waals surface area contributed by atoms with Crippen LogP contribution in [0.1, 0.15) is 53.7 Å². The van der Waals surface area contributed by atoms with Crippen LogP contribution in [0.2, 0.25) is 0 Å². The number of carbonyl (C=O) groups excluding carboxylic acids is 1. The predicted molar refractivity (Wildman–Crippen MR) is 92.9 cm³/mol. The van der Waals surface area contributed by atoms with E-state index in [0.29, 0.717) is 42.4 Å². The fraction of sp³-hybridized carbons (Fsp3) is 0.526. The van der Waals surface area contributed by atoms with E-state index < -0.39 is 6.10 Å². The smallest absolute Gasteiger partial charge is 0.255 e. The molecule has 2 N–H and O–H groups in total. The molecule has 1 aromatic carbocycles. The number of aryl methyl sites for hydroxylation is 1. The van der Waals surface area contributed by atoms with Gasteiger partial charge in [-0.1, -0.05) is 17.3 Å². The molecule has 3 atom stereocenters. The van der Waals surface area contributed by atoms with Crippen molar-refractivity contribution in [3.63, 3.8) is 0 Å². The van der Waals surface area contributed by atoms with Crippen LogP contribution in [0.5, 0.6) is 5.75 Å². The number of rotatable bonds is 6. The number of amides is 1. The Kier molecular flexibility index (Phi) is 4.63. The summed E-state index contributed by atoms with van der Waals surface area (Å²) in [4.78, 5) is 16.8. The highest BCUT2D eigenvalue weighted by Gasteiger charge is 2.37. The zero-order chi connectivity index (χ0) is 18.1. The molecular weight excluding hydrogens is 334 g/mol. The average molecular weight is 357 g/mol. The highest BCUT2D eigenvalue weighted by molar-refractivity contribution is 5.96. The third kappa shape index (κ3) is 3.72. The molecule has 0 aliphatic heterocycles. The molecule has 2 aromatic rings. The van der Waals surface area contributed by atoms with E-state index in [9.17, 15) is 9.90 Å². The number of ether oxygens (including phenoxy) is 1. The third-order valence-corrected chi connectivity index (χ3v) is 5.02. The van der Waals surface area contributed by atoms with Gasteiger partial charge in [-0.15, -0.1) is 0 Å².